The second-order valence-electron chi connectivity index (χ2n) is 5.00. The van der Waals surface area contributed by atoms with Crippen LogP contribution in [0.25, 0.3) is 0 Å². The molecule has 2 rings (SSSR count). The van der Waals surface area contributed by atoms with Gasteiger partial charge in [-0.1, -0.05) is 12.1 Å². The van der Waals surface area contributed by atoms with E-state index < -0.39 is 0 Å². The van der Waals surface area contributed by atoms with Crippen molar-refractivity contribution in [3.63, 3.8) is 0 Å². The Kier molecular flexibility index (Phi) is 5.22. The van der Waals surface area contributed by atoms with Crippen LogP contribution in [-0.4, -0.2) is 19.3 Å². The molecular formula is C17H20N2O2S. The number of hydrogen-bond donors (Lipinski definition) is 2. The maximum atomic E-state index is 5.38. The maximum Gasteiger partial charge on any atom is 0.175 e. The molecule has 0 bridgehead atoms. The first-order valence-corrected chi connectivity index (χ1v) is 7.31. The van der Waals surface area contributed by atoms with Crippen LogP contribution in [0, 0.1) is 13.8 Å². The van der Waals surface area contributed by atoms with E-state index in [2.05, 4.69) is 28.8 Å². The third kappa shape index (κ3) is 4.11. The van der Waals surface area contributed by atoms with Gasteiger partial charge in [0.2, 0.25) is 0 Å². The van der Waals surface area contributed by atoms with Crippen molar-refractivity contribution in [2.24, 2.45) is 0 Å². The lowest BCUT2D eigenvalue weighted by atomic mass is 10.1. The van der Waals surface area contributed by atoms with E-state index in [9.17, 15) is 0 Å². The summed E-state index contributed by atoms with van der Waals surface area (Å²) in [7, 11) is 3.23. The fourth-order valence-corrected chi connectivity index (χ4v) is 2.26. The zero-order chi connectivity index (χ0) is 16.1. The van der Waals surface area contributed by atoms with E-state index in [1.165, 1.54) is 5.56 Å². The van der Waals surface area contributed by atoms with Crippen LogP contribution in [0.3, 0.4) is 0 Å². The topological polar surface area (TPSA) is 42.5 Å². The van der Waals surface area contributed by atoms with E-state index >= 15 is 0 Å². The van der Waals surface area contributed by atoms with Gasteiger partial charge in [0.05, 0.1) is 14.2 Å². The quantitative estimate of drug-likeness (QED) is 0.830. The highest BCUT2D eigenvalue weighted by Crippen LogP contribution is 2.26. The Hall–Kier alpha value is -2.27. The van der Waals surface area contributed by atoms with Crippen molar-refractivity contribution >= 4 is 28.7 Å². The van der Waals surface area contributed by atoms with Crippen molar-refractivity contribution in [1.82, 2.24) is 0 Å². The van der Waals surface area contributed by atoms with Crippen molar-refractivity contribution in [1.29, 1.82) is 0 Å². The number of ether oxygens (including phenoxy) is 2. The minimum Gasteiger partial charge on any atom is -0.497 e. The van der Waals surface area contributed by atoms with Crippen LogP contribution < -0.4 is 20.1 Å². The Bertz CT molecular complexity index is 664. The summed E-state index contributed by atoms with van der Waals surface area (Å²) in [6.45, 7) is 4.09. The van der Waals surface area contributed by atoms with E-state index in [0.29, 0.717) is 16.6 Å². The number of nitrogens with one attached hydrogen (secondary N) is 2. The average molecular weight is 316 g/mol. The molecule has 0 aliphatic rings. The van der Waals surface area contributed by atoms with E-state index in [1.807, 2.05) is 32.0 Å². The Morgan fingerprint density at radius 2 is 1.55 bits per heavy atom. The monoisotopic (exact) mass is 316 g/mol. The van der Waals surface area contributed by atoms with Gasteiger partial charge in [-0.15, -0.1) is 0 Å². The summed E-state index contributed by atoms with van der Waals surface area (Å²) in [5.74, 6) is 1.41. The molecule has 0 unspecified atom stereocenters. The number of aryl methyl sites for hydroxylation is 2. The minimum atomic E-state index is 0.518. The van der Waals surface area contributed by atoms with Crippen molar-refractivity contribution in [3.05, 3.63) is 47.5 Å². The van der Waals surface area contributed by atoms with Crippen LogP contribution in [0.5, 0.6) is 11.5 Å². The van der Waals surface area contributed by atoms with E-state index in [4.69, 9.17) is 21.7 Å². The second kappa shape index (κ2) is 7.13. The molecule has 2 aromatic carbocycles. The standard InChI is InChI=1S/C17H20N2O2S/c1-11-5-6-12(2)16(7-11)19-17(22)18-13-8-14(20-3)10-15(9-13)21-4/h5-10H,1-4H3,(H2,18,19,22). The summed E-state index contributed by atoms with van der Waals surface area (Å²) < 4.78 is 10.5. The van der Waals surface area contributed by atoms with E-state index in [-0.39, 0.29) is 0 Å². The minimum absolute atomic E-state index is 0.518. The van der Waals surface area contributed by atoms with Crippen LogP contribution in [-0.2, 0) is 0 Å². The molecular weight excluding hydrogens is 296 g/mol. The van der Waals surface area contributed by atoms with Crippen LogP contribution in [0.1, 0.15) is 11.1 Å². The molecule has 0 radical (unpaired) electrons. The van der Waals surface area contributed by atoms with E-state index in [0.717, 1.165) is 16.9 Å². The summed E-state index contributed by atoms with van der Waals surface area (Å²) in [6, 6.07) is 11.7. The fourth-order valence-electron chi connectivity index (χ4n) is 2.03. The number of rotatable bonds is 4. The molecule has 116 valence electrons. The lowest BCUT2D eigenvalue weighted by molar-refractivity contribution is 0.395. The van der Waals surface area contributed by atoms with Gasteiger partial charge in [0.15, 0.2) is 5.11 Å². The normalized spacial score (nSPS) is 10.0. The molecule has 0 spiro atoms. The largest absolute Gasteiger partial charge is 0.497 e. The lowest BCUT2D eigenvalue weighted by Gasteiger charge is -2.14. The predicted octanol–water partition coefficient (Wildman–Crippen LogP) is 4.13. The van der Waals surface area contributed by atoms with Gasteiger partial charge in [0, 0.05) is 29.6 Å². The summed E-state index contributed by atoms with van der Waals surface area (Å²) in [5, 5.41) is 6.88. The zero-order valence-corrected chi connectivity index (χ0v) is 14.0. The van der Waals surface area contributed by atoms with Crippen molar-refractivity contribution in [2.75, 3.05) is 24.9 Å². The van der Waals surface area contributed by atoms with Gasteiger partial charge in [-0.05, 0) is 43.3 Å². The number of anilines is 2. The molecule has 0 fully saturated rings. The molecule has 4 nitrogen and oxygen atoms in total. The first kappa shape index (κ1) is 16.1. The lowest BCUT2D eigenvalue weighted by Crippen LogP contribution is -2.19. The third-order valence-corrected chi connectivity index (χ3v) is 3.45. The molecule has 5 heteroatoms. The third-order valence-electron chi connectivity index (χ3n) is 3.25. The number of thiocarbonyl (C=S) groups is 1. The Morgan fingerprint density at radius 1 is 0.909 bits per heavy atom. The molecule has 22 heavy (non-hydrogen) atoms. The van der Waals surface area contributed by atoms with Crippen molar-refractivity contribution < 1.29 is 9.47 Å². The van der Waals surface area contributed by atoms with Crippen LogP contribution in [0.4, 0.5) is 11.4 Å². The molecule has 0 amide bonds. The van der Waals surface area contributed by atoms with Gasteiger partial charge < -0.3 is 20.1 Å². The van der Waals surface area contributed by atoms with Crippen molar-refractivity contribution in [2.45, 2.75) is 13.8 Å². The van der Waals surface area contributed by atoms with Crippen LogP contribution >= 0.6 is 12.2 Å². The van der Waals surface area contributed by atoms with Gasteiger partial charge in [-0.3, -0.25) is 0 Å². The van der Waals surface area contributed by atoms with Gasteiger partial charge in [-0.2, -0.15) is 0 Å². The molecule has 0 aliphatic heterocycles. The summed E-state index contributed by atoms with van der Waals surface area (Å²) in [6.07, 6.45) is 0. The van der Waals surface area contributed by atoms with E-state index in [1.54, 1.807) is 14.2 Å². The number of hydrogen-bond acceptors (Lipinski definition) is 3. The summed E-state index contributed by atoms with van der Waals surface area (Å²) >= 11 is 5.38. The Morgan fingerprint density at radius 3 is 2.14 bits per heavy atom. The summed E-state index contributed by atoms with van der Waals surface area (Å²) in [4.78, 5) is 0. The molecule has 0 atom stereocenters. The van der Waals surface area contributed by atoms with Crippen LogP contribution in [0.2, 0.25) is 0 Å². The molecule has 0 saturated carbocycles. The molecule has 2 aromatic rings. The highest BCUT2D eigenvalue weighted by molar-refractivity contribution is 7.80. The fraction of sp³-hybridized carbons (Fsp3) is 0.235. The first-order valence-electron chi connectivity index (χ1n) is 6.90. The Labute approximate surface area is 136 Å². The first-order chi connectivity index (χ1) is 10.5. The molecule has 2 N–H and O–H groups in total. The van der Waals surface area contributed by atoms with Gasteiger partial charge >= 0.3 is 0 Å². The highest BCUT2D eigenvalue weighted by atomic mass is 32.1. The van der Waals surface area contributed by atoms with Gasteiger partial charge in [0.1, 0.15) is 11.5 Å². The number of benzene rings is 2. The molecule has 0 heterocycles. The summed E-state index contributed by atoms with van der Waals surface area (Å²) in [5.41, 5.74) is 4.11. The van der Waals surface area contributed by atoms with Gasteiger partial charge in [0.25, 0.3) is 0 Å². The zero-order valence-electron chi connectivity index (χ0n) is 13.2. The highest BCUT2D eigenvalue weighted by Gasteiger charge is 2.05. The number of methoxy groups -OCH3 is 2. The Balaban J connectivity index is 2.13. The predicted molar refractivity (Wildman–Crippen MR) is 95.3 cm³/mol. The smallest absolute Gasteiger partial charge is 0.175 e. The molecule has 0 aromatic heterocycles. The molecule has 0 saturated heterocycles. The molecule has 0 aliphatic carbocycles. The van der Waals surface area contributed by atoms with Crippen LogP contribution in [0.15, 0.2) is 36.4 Å². The van der Waals surface area contributed by atoms with Crippen molar-refractivity contribution in [3.8, 4) is 11.5 Å². The maximum absolute atomic E-state index is 5.38. The van der Waals surface area contributed by atoms with Gasteiger partial charge in [-0.25, -0.2) is 0 Å². The average Bonchev–Trinajstić information content (AvgIpc) is 2.50. The SMILES string of the molecule is COc1cc(NC(=S)Nc2cc(C)ccc2C)cc(OC)c1. The second-order valence-corrected chi connectivity index (χ2v) is 5.41.